The second-order valence-corrected chi connectivity index (χ2v) is 0.0833. The molecular formula is CO2S. The van der Waals surface area contributed by atoms with Crippen LogP contribution in [-0.2, 0) is 9.59 Å². The van der Waals surface area contributed by atoms with Gasteiger partial charge in [-0.1, -0.05) is 0 Å². The van der Waals surface area contributed by atoms with Crippen LogP contribution in [0.15, 0.2) is 0 Å². The summed E-state index contributed by atoms with van der Waals surface area (Å²) < 4.78 is 0. The number of rotatable bonds is 0. The lowest BCUT2D eigenvalue weighted by atomic mass is 11.8. The lowest BCUT2D eigenvalue weighted by Gasteiger charge is -0.945. The number of hydrogen-bond donors (Lipinski definition) is 0. The average molecular weight is 76.1 g/mol. The van der Waals surface area contributed by atoms with Crippen LogP contribution < -0.4 is 0 Å². The van der Waals surface area contributed by atoms with E-state index < -0.39 is 0 Å². The van der Waals surface area contributed by atoms with E-state index >= 15 is 0 Å². The van der Waals surface area contributed by atoms with Gasteiger partial charge < -0.3 is 0 Å². The normalized spacial score (nSPS) is 2.00. The minimum Gasteiger partial charge on any atom is -0.186 e. The summed E-state index contributed by atoms with van der Waals surface area (Å²) in [5, 5.41) is 0. The van der Waals surface area contributed by atoms with Crippen molar-refractivity contribution in [3.05, 3.63) is 0 Å². The van der Waals surface area contributed by atoms with Gasteiger partial charge in [-0.05, 0) is 0 Å². The second kappa shape index (κ2) is 15.3. The summed E-state index contributed by atoms with van der Waals surface area (Å²) in [6.45, 7) is 0. The van der Waals surface area contributed by atoms with E-state index in [0.29, 0.717) is 0 Å². The summed E-state index contributed by atoms with van der Waals surface area (Å²) in [6, 6.07) is 0. The smallest absolute Gasteiger partial charge is 0.186 e. The summed E-state index contributed by atoms with van der Waals surface area (Å²) in [5.74, 6) is 0. The van der Waals surface area contributed by atoms with E-state index in [1.54, 1.807) is 0 Å². The highest BCUT2D eigenvalue weighted by Gasteiger charge is 1.13. The Balaban J connectivity index is 0. The first-order valence-corrected chi connectivity index (χ1v) is 0.408. The lowest BCUT2D eigenvalue weighted by Crippen LogP contribution is -1.22. The van der Waals surface area contributed by atoms with Gasteiger partial charge in [0.25, 0.3) is 0 Å². The molecule has 0 aliphatic carbocycles. The van der Waals surface area contributed by atoms with Crippen molar-refractivity contribution < 1.29 is 9.59 Å². The van der Waals surface area contributed by atoms with E-state index in [9.17, 15) is 0 Å². The van der Waals surface area contributed by atoms with Gasteiger partial charge in [-0.3, -0.25) is 0 Å². The molecule has 0 aromatic heterocycles. The van der Waals surface area contributed by atoms with Gasteiger partial charge in [0, 0.05) is 13.5 Å². The van der Waals surface area contributed by atoms with Crippen LogP contribution in [0, 0.1) is 0 Å². The fourth-order valence-electron chi connectivity index (χ4n) is 0. The quantitative estimate of drug-likeness (QED) is 0.409. The first-order chi connectivity index (χ1) is 1.41. The van der Waals surface area contributed by atoms with E-state index in [2.05, 4.69) is 0 Å². The minimum atomic E-state index is 0. The van der Waals surface area contributed by atoms with Crippen LogP contribution in [0.2, 0.25) is 0 Å². The first-order valence-electron chi connectivity index (χ1n) is 0.408. The Morgan fingerprint density at radius 1 is 1.25 bits per heavy atom. The predicted octanol–water partition coefficient (Wildman–Crippen LogP) is 0.0647. The van der Waals surface area contributed by atoms with E-state index in [1.165, 1.54) is 0 Å². The molecule has 0 amide bonds. The molecule has 0 saturated heterocycles. The first kappa shape index (κ1) is 9.29. The van der Waals surface area contributed by atoms with Gasteiger partial charge in [0.15, 0.2) is 0 Å². The van der Waals surface area contributed by atoms with Crippen molar-refractivity contribution in [3.8, 4) is 0 Å². The fraction of sp³-hybridized carbons (Fsp3) is 0. The summed E-state index contributed by atoms with van der Waals surface area (Å²) in [5.41, 5.74) is 0. The maximum Gasteiger partial charge on any atom is 0.373 e. The summed E-state index contributed by atoms with van der Waals surface area (Å²) >= 11 is 0. The molecule has 4 heavy (non-hydrogen) atoms. The van der Waals surface area contributed by atoms with Crippen molar-refractivity contribution in [3.63, 3.8) is 0 Å². The Kier molecular flexibility index (Phi) is 35.6. The average Bonchev–Trinajstić information content (AvgIpc) is 0.918. The molecule has 3 heteroatoms. The Morgan fingerprint density at radius 3 is 1.25 bits per heavy atom. The zero-order valence-corrected chi connectivity index (χ0v) is 2.54. The molecule has 0 fully saturated rings. The van der Waals surface area contributed by atoms with Crippen molar-refractivity contribution in [2.45, 2.75) is 0 Å². The molecule has 0 aliphatic rings. The number of hydrogen-bond acceptors (Lipinski definition) is 2. The van der Waals surface area contributed by atoms with Crippen LogP contribution in [-0.4, -0.2) is 6.15 Å². The molecule has 0 bridgehead atoms. The molecule has 0 aromatic carbocycles. The predicted molar refractivity (Wildman–Crippen MR) is 12.6 cm³/mol. The van der Waals surface area contributed by atoms with Gasteiger partial charge in [0.2, 0.25) is 0 Å². The molecule has 2 nitrogen and oxygen atoms in total. The van der Waals surface area contributed by atoms with Crippen LogP contribution >= 0.6 is 13.5 Å². The van der Waals surface area contributed by atoms with Crippen molar-refractivity contribution in [1.82, 2.24) is 0 Å². The maximum absolute atomic E-state index is 8.12. The van der Waals surface area contributed by atoms with Crippen molar-refractivity contribution >= 4 is 19.6 Å². The van der Waals surface area contributed by atoms with E-state index in [4.69, 9.17) is 9.59 Å². The molecule has 22 valence electrons. The second-order valence-electron chi connectivity index (χ2n) is 0.0833. The molecule has 0 heterocycles. The van der Waals surface area contributed by atoms with Crippen LogP contribution in [0.25, 0.3) is 0 Å². The van der Waals surface area contributed by atoms with Gasteiger partial charge in [-0.25, -0.2) is 0 Å². The Morgan fingerprint density at radius 2 is 1.25 bits per heavy atom. The molecule has 0 saturated carbocycles. The number of carbonyl (C=O) groups excluding carboxylic acids is 2. The molecule has 0 aliphatic heterocycles. The van der Waals surface area contributed by atoms with Crippen LogP contribution in [0.4, 0.5) is 0 Å². The third-order valence-corrected chi connectivity index (χ3v) is 0. The standard InChI is InChI=1S/CO2.S/c2-1-3;. The third kappa shape index (κ3) is 12.6. The van der Waals surface area contributed by atoms with E-state index in [0.717, 1.165) is 0 Å². The molecule has 0 N–H and O–H groups in total. The zero-order valence-electron chi connectivity index (χ0n) is 1.72. The molecular weight excluding hydrogens is 76.1 g/mol. The van der Waals surface area contributed by atoms with E-state index in [-0.39, 0.29) is 19.6 Å². The lowest BCUT2D eigenvalue weighted by molar-refractivity contribution is -0.191. The van der Waals surface area contributed by atoms with Gasteiger partial charge in [0.05, 0.1) is 0 Å². The van der Waals surface area contributed by atoms with Gasteiger partial charge >= 0.3 is 6.15 Å². The van der Waals surface area contributed by atoms with Crippen molar-refractivity contribution in [1.29, 1.82) is 0 Å². The summed E-state index contributed by atoms with van der Waals surface area (Å²) in [7, 11) is 0. The Bertz CT molecular complexity index is 27.0. The van der Waals surface area contributed by atoms with Crippen LogP contribution in [0.5, 0.6) is 0 Å². The fourth-order valence-corrected chi connectivity index (χ4v) is 0. The van der Waals surface area contributed by atoms with Crippen molar-refractivity contribution in [2.24, 2.45) is 0 Å². The van der Waals surface area contributed by atoms with E-state index in [1.807, 2.05) is 0 Å². The van der Waals surface area contributed by atoms with Crippen LogP contribution in [0.3, 0.4) is 0 Å². The molecule has 0 spiro atoms. The topological polar surface area (TPSA) is 34.1 Å². The Labute approximate surface area is 30.3 Å². The SMILES string of the molecule is O=C=O.[S]. The van der Waals surface area contributed by atoms with Gasteiger partial charge in [-0.15, -0.1) is 0 Å². The van der Waals surface area contributed by atoms with Gasteiger partial charge in [0.1, 0.15) is 0 Å². The minimum absolute atomic E-state index is 0. The molecule has 0 rings (SSSR count). The molecule has 0 aromatic rings. The third-order valence-electron chi connectivity index (χ3n) is 0. The van der Waals surface area contributed by atoms with Gasteiger partial charge in [-0.2, -0.15) is 9.59 Å². The highest BCUT2D eigenvalue weighted by molar-refractivity contribution is 7.59. The van der Waals surface area contributed by atoms with Crippen molar-refractivity contribution in [2.75, 3.05) is 0 Å². The monoisotopic (exact) mass is 76.0 g/mol. The largest absolute Gasteiger partial charge is 0.373 e. The molecule has 0 atom stereocenters. The highest BCUT2D eigenvalue weighted by Crippen LogP contribution is 0.787. The maximum atomic E-state index is 8.12. The molecule has 2 radical (unpaired) electrons. The Hall–Kier alpha value is -0.270. The summed E-state index contributed by atoms with van der Waals surface area (Å²) in [4.78, 5) is 16.2. The zero-order chi connectivity index (χ0) is 2.71. The highest BCUT2D eigenvalue weighted by atomic mass is 32.1. The van der Waals surface area contributed by atoms with Crippen LogP contribution in [0.1, 0.15) is 0 Å². The molecule has 0 unspecified atom stereocenters. The summed E-state index contributed by atoms with van der Waals surface area (Å²) in [6.07, 6.45) is 0.250.